The van der Waals surface area contributed by atoms with Gasteiger partial charge < -0.3 is 10.2 Å². The molecule has 2 heterocycles. The topological polar surface area (TPSA) is 71.3 Å². The first kappa shape index (κ1) is 15.0. The normalized spacial score (nSPS) is 19.5. The zero-order valence-corrected chi connectivity index (χ0v) is 12.4. The van der Waals surface area contributed by atoms with E-state index >= 15 is 0 Å². The third-order valence-corrected chi connectivity index (χ3v) is 3.84. The van der Waals surface area contributed by atoms with Crippen LogP contribution in [0.3, 0.4) is 0 Å². The quantitative estimate of drug-likeness (QED) is 0.668. The second-order valence-corrected chi connectivity index (χ2v) is 5.84. The molecule has 1 atom stereocenters. The van der Waals surface area contributed by atoms with Crippen molar-refractivity contribution in [3.8, 4) is 0 Å². The summed E-state index contributed by atoms with van der Waals surface area (Å²) in [6.07, 6.45) is 2.53. The van der Waals surface area contributed by atoms with Crippen molar-refractivity contribution >= 4 is 23.1 Å². The molecule has 0 spiro atoms. The summed E-state index contributed by atoms with van der Waals surface area (Å²) in [6, 6.07) is 1.87. The zero-order chi connectivity index (χ0) is 14.7. The minimum Gasteiger partial charge on any atom is -0.364 e. The van der Waals surface area contributed by atoms with Gasteiger partial charge in [-0.15, -0.1) is 0 Å². The van der Waals surface area contributed by atoms with Crippen LogP contribution in [0.15, 0.2) is 12.3 Å². The lowest BCUT2D eigenvalue weighted by atomic mass is 10.1. The molecule has 1 N–H and O–H groups in total. The van der Waals surface area contributed by atoms with Crippen molar-refractivity contribution in [1.29, 1.82) is 0 Å². The van der Waals surface area contributed by atoms with Gasteiger partial charge in [-0.05, 0) is 32.7 Å². The molecular weight excluding hydrogens is 280 g/mol. The van der Waals surface area contributed by atoms with E-state index in [2.05, 4.69) is 29.0 Å². The Morgan fingerprint density at radius 2 is 2.40 bits per heavy atom. The maximum atomic E-state index is 11.0. The molecule has 0 bridgehead atoms. The van der Waals surface area contributed by atoms with Gasteiger partial charge in [-0.3, -0.25) is 10.1 Å². The molecule has 20 heavy (non-hydrogen) atoms. The van der Waals surface area contributed by atoms with Crippen LogP contribution in [0.4, 0.5) is 11.5 Å². The van der Waals surface area contributed by atoms with Crippen LogP contribution in [0.25, 0.3) is 0 Å². The van der Waals surface area contributed by atoms with Crippen molar-refractivity contribution in [1.82, 2.24) is 9.88 Å². The molecule has 1 unspecified atom stereocenters. The third-order valence-electron chi connectivity index (χ3n) is 3.64. The van der Waals surface area contributed by atoms with E-state index < -0.39 is 4.92 Å². The molecule has 1 aliphatic heterocycles. The van der Waals surface area contributed by atoms with E-state index in [9.17, 15) is 10.1 Å². The van der Waals surface area contributed by atoms with Gasteiger partial charge in [0.15, 0.2) is 0 Å². The Morgan fingerprint density at radius 1 is 1.65 bits per heavy atom. The van der Waals surface area contributed by atoms with E-state index in [1.54, 1.807) is 0 Å². The number of halogens is 1. The van der Waals surface area contributed by atoms with E-state index in [-0.39, 0.29) is 10.7 Å². The van der Waals surface area contributed by atoms with Crippen LogP contribution in [0, 0.1) is 16.0 Å². The number of hydrogen-bond acceptors (Lipinski definition) is 5. The lowest BCUT2D eigenvalue weighted by Gasteiger charge is -2.20. The van der Waals surface area contributed by atoms with Crippen molar-refractivity contribution in [2.75, 3.05) is 25.0 Å². The van der Waals surface area contributed by atoms with E-state index in [0.717, 1.165) is 19.5 Å². The molecule has 6 nitrogen and oxygen atoms in total. The fourth-order valence-corrected chi connectivity index (χ4v) is 2.60. The predicted molar refractivity (Wildman–Crippen MR) is 79.2 cm³/mol. The molecule has 0 amide bonds. The van der Waals surface area contributed by atoms with Gasteiger partial charge in [0.25, 0.3) is 0 Å². The minimum atomic E-state index is -0.462. The SMILES string of the molecule is CC(C)N1CCC(CNc2ncc(Cl)cc2[N+](=O)[O-])C1. The Bertz CT molecular complexity index is 495. The molecule has 0 radical (unpaired) electrons. The smallest absolute Gasteiger partial charge is 0.312 e. The molecule has 0 aromatic carbocycles. The summed E-state index contributed by atoms with van der Waals surface area (Å²) in [7, 11) is 0. The standard InChI is InChI=1S/C13H19ClN4O2/c1-9(2)17-4-3-10(8-17)6-15-13-12(18(19)20)5-11(14)7-16-13/h5,7,9-10H,3-4,6,8H2,1-2H3,(H,15,16). The molecule has 1 aromatic heterocycles. The molecule has 2 rings (SSSR count). The molecule has 0 saturated carbocycles. The lowest BCUT2D eigenvalue weighted by Crippen LogP contribution is -2.29. The van der Waals surface area contributed by atoms with Crippen LogP contribution < -0.4 is 5.32 Å². The second-order valence-electron chi connectivity index (χ2n) is 5.40. The van der Waals surface area contributed by atoms with E-state index in [0.29, 0.717) is 24.3 Å². The molecule has 1 fully saturated rings. The summed E-state index contributed by atoms with van der Waals surface area (Å²) >= 11 is 5.74. The fourth-order valence-electron chi connectivity index (χ4n) is 2.44. The maximum absolute atomic E-state index is 11.0. The Hall–Kier alpha value is -1.40. The first-order valence-corrected chi connectivity index (χ1v) is 7.13. The second kappa shape index (κ2) is 6.37. The van der Waals surface area contributed by atoms with Crippen LogP contribution in [-0.4, -0.2) is 40.5 Å². The highest BCUT2D eigenvalue weighted by Gasteiger charge is 2.25. The summed E-state index contributed by atoms with van der Waals surface area (Å²) in [5.41, 5.74) is -0.0730. The number of nitrogens with one attached hydrogen (secondary N) is 1. The number of aromatic nitrogens is 1. The van der Waals surface area contributed by atoms with Gasteiger partial charge in [-0.2, -0.15) is 0 Å². The maximum Gasteiger partial charge on any atom is 0.312 e. The average molecular weight is 299 g/mol. The first-order chi connectivity index (χ1) is 9.47. The number of nitro groups is 1. The summed E-state index contributed by atoms with van der Waals surface area (Å²) in [4.78, 5) is 16.9. The Balaban J connectivity index is 1.96. The minimum absolute atomic E-state index is 0.0730. The molecule has 0 aliphatic carbocycles. The highest BCUT2D eigenvalue weighted by Crippen LogP contribution is 2.26. The van der Waals surface area contributed by atoms with Crippen molar-refractivity contribution in [2.45, 2.75) is 26.3 Å². The van der Waals surface area contributed by atoms with Crippen molar-refractivity contribution in [2.24, 2.45) is 5.92 Å². The van der Waals surface area contributed by atoms with E-state index in [1.165, 1.54) is 12.3 Å². The molecule has 1 aromatic rings. The number of rotatable bonds is 5. The predicted octanol–water partition coefficient (Wildman–Crippen LogP) is 2.79. The summed E-state index contributed by atoms with van der Waals surface area (Å²) < 4.78 is 0. The highest BCUT2D eigenvalue weighted by molar-refractivity contribution is 6.30. The summed E-state index contributed by atoms with van der Waals surface area (Å²) in [5, 5.41) is 14.3. The average Bonchev–Trinajstić information content (AvgIpc) is 2.86. The van der Waals surface area contributed by atoms with E-state index in [1.807, 2.05) is 0 Å². The summed E-state index contributed by atoms with van der Waals surface area (Å²) in [6.45, 7) is 7.16. The van der Waals surface area contributed by atoms with Crippen molar-refractivity contribution < 1.29 is 4.92 Å². The number of nitrogens with zero attached hydrogens (tertiary/aromatic N) is 3. The molecule has 110 valence electrons. The monoisotopic (exact) mass is 298 g/mol. The number of pyridine rings is 1. The molecular formula is C13H19ClN4O2. The third kappa shape index (κ3) is 3.58. The van der Waals surface area contributed by atoms with Gasteiger partial charge in [0.05, 0.1) is 9.95 Å². The zero-order valence-electron chi connectivity index (χ0n) is 11.7. The van der Waals surface area contributed by atoms with Crippen LogP contribution in [0.1, 0.15) is 20.3 Å². The highest BCUT2D eigenvalue weighted by atomic mass is 35.5. The van der Waals surface area contributed by atoms with Gasteiger partial charge in [0.2, 0.25) is 5.82 Å². The molecule has 1 saturated heterocycles. The van der Waals surface area contributed by atoms with Crippen LogP contribution >= 0.6 is 11.6 Å². The van der Waals surface area contributed by atoms with Gasteiger partial charge >= 0.3 is 5.69 Å². The number of hydrogen-bond donors (Lipinski definition) is 1. The van der Waals surface area contributed by atoms with Gasteiger partial charge in [-0.25, -0.2) is 4.98 Å². The van der Waals surface area contributed by atoms with Gasteiger partial charge in [-0.1, -0.05) is 11.6 Å². The summed E-state index contributed by atoms with van der Waals surface area (Å²) in [5.74, 6) is 0.789. The van der Waals surface area contributed by atoms with Crippen molar-refractivity contribution in [3.05, 3.63) is 27.4 Å². The van der Waals surface area contributed by atoms with E-state index in [4.69, 9.17) is 11.6 Å². The number of anilines is 1. The largest absolute Gasteiger partial charge is 0.364 e. The molecule has 1 aliphatic rings. The Labute approximate surface area is 123 Å². The first-order valence-electron chi connectivity index (χ1n) is 6.75. The number of likely N-dealkylation sites (tertiary alicyclic amines) is 1. The fraction of sp³-hybridized carbons (Fsp3) is 0.615. The van der Waals surface area contributed by atoms with Gasteiger partial charge in [0, 0.05) is 31.4 Å². The lowest BCUT2D eigenvalue weighted by molar-refractivity contribution is -0.384. The van der Waals surface area contributed by atoms with Crippen LogP contribution in [0.2, 0.25) is 5.02 Å². The van der Waals surface area contributed by atoms with Gasteiger partial charge in [0.1, 0.15) is 0 Å². The Kier molecular flexibility index (Phi) is 4.77. The van der Waals surface area contributed by atoms with Crippen molar-refractivity contribution in [3.63, 3.8) is 0 Å². The molecule has 7 heteroatoms. The Morgan fingerprint density at radius 3 is 3.00 bits per heavy atom. The van der Waals surface area contributed by atoms with Crippen LogP contribution in [0.5, 0.6) is 0 Å². The van der Waals surface area contributed by atoms with Crippen LogP contribution in [-0.2, 0) is 0 Å².